The van der Waals surface area contributed by atoms with E-state index in [4.69, 9.17) is 19.6 Å². The molecule has 0 fully saturated rings. The van der Waals surface area contributed by atoms with Crippen LogP contribution in [0.4, 0.5) is 0 Å². The number of rotatable bonds is 10. The fourth-order valence-electron chi connectivity index (χ4n) is 3.35. The number of hydrogen-bond donors (Lipinski definition) is 1. The predicted molar refractivity (Wildman–Crippen MR) is 120 cm³/mol. The number of aryl methyl sites for hydroxylation is 1. The minimum absolute atomic E-state index is 0.107. The molecule has 0 aliphatic rings. The molecular formula is C25H33NO4. The molecule has 0 spiro atoms. The molecule has 1 unspecified atom stereocenters. The van der Waals surface area contributed by atoms with E-state index in [0.717, 1.165) is 17.1 Å². The molecule has 5 heteroatoms. The highest BCUT2D eigenvalue weighted by molar-refractivity contribution is 5.86. The van der Waals surface area contributed by atoms with E-state index in [1.807, 2.05) is 75.4 Å². The summed E-state index contributed by atoms with van der Waals surface area (Å²) in [7, 11) is 1.66. The second kappa shape index (κ2) is 10.8. The molecule has 2 rings (SSSR count). The van der Waals surface area contributed by atoms with Crippen molar-refractivity contribution in [1.82, 2.24) is 0 Å². The standard InChI is InChI=1S/C25H33NO4/c1-18(26)21(17-24(27)30-25(2,3)4)23(29-20-12-7-6-8-13-20)16-15-19-11-9-10-14-22(19)28-5/h6-14,21,23,26H,15-17H2,1-5H3/t21-,23?/m0/s1. The largest absolute Gasteiger partial charge is 0.496 e. The van der Waals surface area contributed by atoms with Gasteiger partial charge in [-0.25, -0.2) is 0 Å². The van der Waals surface area contributed by atoms with Gasteiger partial charge in [0.25, 0.3) is 0 Å². The summed E-state index contributed by atoms with van der Waals surface area (Å²) in [6, 6.07) is 17.4. The molecule has 0 aliphatic carbocycles. The maximum atomic E-state index is 12.5. The van der Waals surface area contributed by atoms with Crippen molar-refractivity contribution in [3.05, 3.63) is 60.2 Å². The first kappa shape index (κ1) is 23.5. The lowest BCUT2D eigenvalue weighted by Gasteiger charge is -2.29. The quantitative estimate of drug-likeness (QED) is 0.416. The van der Waals surface area contributed by atoms with Gasteiger partial charge < -0.3 is 19.6 Å². The summed E-state index contributed by atoms with van der Waals surface area (Å²) < 4.78 is 17.2. The predicted octanol–water partition coefficient (Wildman–Crippen LogP) is 5.46. The number of methoxy groups -OCH3 is 1. The zero-order chi connectivity index (χ0) is 22.1. The molecule has 0 heterocycles. The van der Waals surface area contributed by atoms with Crippen LogP contribution >= 0.6 is 0 Å². The van der Waals surface area contributed by atoms with Crippen molar-refractivity contribution >= 4 is 11.7 Å². The number of carbonyl (C=O) groups excluding carboxylic acids is 1. The first-order chi connectivity index (χ1) is 14.2. The number of esters is 1. The summed E-state index contributed by atoms with van der Waals surface area (Å²) >= 11 is 0. The third kappa shape index (κ3) is 7.54. The lowest BCUT2D eigenvalue weighted by atomic mass is 9.89. The molecule has 2 atom stereocenters. The van der Waals surface area contributed by atoms with Crippen LogP contribution in [0.5, 0.6) is 11.5 Å². The van der Waals surface area contributed by atoms with Crippen molar-refractivity contribution in [3.63, 3.8) is 0 Å². The normalized spacial score (nSPS) is 13.2. The van der Waals surface area contributed by atoms with Gasteiger partial charge in [-0.1, -0.05) is 36.4 Å². The van der Waals surface area contributed by atoms with Crippen molar-refractivity contribution in [2.75, 3.05) is 7.11 Å². The second-order valence-corrected chi connectivity index (χ2v) is 8.40. The van der Waals surface area contributed by atoms with E-state index in [1.54, 1.807) is 14.0 Å². The van der Waals surface area contributed by atoms with Gasteiger partial charge in [0.1, 0.15) is 23.2 Å². The first-order valence-corrected chi connectivity index (χ1v) is 10.3. The van der Waals surface area contributed by atoms with Crippen LogP contribution in [0, 0.1) is 11.3 Å². The van der Waals surface area contributed by atoms with E-state index in [9.17, 15) is 4.79 Å². The van der Waals surface area contributed by atoms with E-state index >= 15 is 0 Å². The monoisotopic (exact) mass is 411 g/mol. The zero-order valence-corrected chi connectivity index (χ0v) is 18.6. The Morgan fingerprint density at radius 2 is 1.67 bits per heavy atom. The first-order valence-electron chi connectivity index (χ1n) is 10.3. The highest BCUT2D eigenvalue weighted by Crippen LogP contribution is 2.26. The Hall–Kier alpha value is -2.82. The fraction of sp³-hybridized carbons (Fsp3) is 0.440. The minimum atomic E-state index is -0.565. The van der Waals surface area contributed by atoms with Crippen LogP contribution in [-0.2, 0) is 16.0 Å². The SMILES string of the molecule is COc1ccccc1CCC(Oc1ccccc1)[C@@H](CC(=O)OC(C)(C)C)C(C)=N. The van der Waals surface area contributed by atoms with Gasteiger partial charge in [0.15, 0.2) is 0 Å². The highest BCUT2D eigenvalue weighted by atomic mass is 16.6. The van der Waals surface area contributed by atoms with Crippen LogP contribution in [0.3, 0.4) is 0 Å². The summed E-state index contributed by atoms with van der Waals surface area (Å²) in [6.07, 6.45) is 1.11. The maximum Gasteiger partial charge on any atom is 0.307 e. The second-order valence-electron chi connectivity index (χ2n) is 8.40. The zero-order valence-electron chi connectivity index (χ0n) is 18.6. The van der Waals surface area contributed by atoms with Gasteiger partial charge in [0.2, 0.25) is 0 Å². The van der Waals surface area contributed by atoms with E-state index in [1.165, 1.54) is 0 Å². The van der Waals surface area contributed by atoms with Crippen LogP contribution < -0.4 is 9.47 Å². The fourth-order valence-corrected chi connectivity index (χ4v) is 3.35. The Kier molecular flexibility index (Phi) is 8.46. The molecule has 0 radical (unpaired) electrons. The van der Waals surface area contributed by atoms with E-state index in [2.05, 4.69) is 0 Å². The number of para-hydroxylation sites is 2. The van der Waals surface area contributed by atoms with Crippen LogP contribution in [0.2, 0.25) is 0 Å². The molecule has 162 valence electrons. The molecule has 5 nitrogen and oxygen atoms in total. The maximum absolute atomic E-state index is 12.5. The number of benzene rings is 2. The van der Waals surface area contributed by atoms with Crippen molar-refractivity contribution in [3.8, 4) is 11.5 Å². The van der Waals surface area contributed by atoms with Gasteiger partial charge in [-0.3, -0.25) is 4.79 Å². The summed E-state index contributed by atoms with van der Waals surface area (Å²) in [5.74, 6) is 0.844. The average Bonchev–Trinajstić information content (AvgIpc) is 2.69. The Balaban J connectivity index is 2.23. The Labute approximate surface area is 179 Å². The van der Waals surface area contributed by atoms with Crippen molar-refractivity contribution in [1.29, 1.82) is 5.41 Å². The number of carbonyl (C=O) groups is 1. The van der Waals surface area contributed by atoms with Crippen LogP contribution in [-0.4, -0.2) is 30.5 Å². The van der Waals surface area contributed by atoms with Gasteiger partial charge in [0, 0.05) is 11.6 Å². The molecule has 0 aliphatic heterocycles. The third-order valence-electron chi connectivity index (χ3n) is 4.73. The molecule has 2 aromatic carbocycles. The van der Waals surface area contributed by atoms with Gasteiger partial charge >= 0.3 is 5.97 Å². The van der Waals surface area contributed by atoms with Crippen LogP contribution in [0.15, 0.2) is 54.6 Å². The van der Waals surface area contributed by atoms with E-state index < -0.39 is 5.60 Å². The van der Waals surface area contributed by atoms with Gasteiger partial charge in [0.05, 0.1) is 13.5 Å². The van der Waals surface area contributed by atoms with Gasteiger partial charge in [-0.2, -0.15) is 0 Å². The lowest BCUT2D eigenvalue weighted by Crippen LogP contribution is -2.36. The molecule has 0 bridgehead atoms. The molecule has 1 N–H and O–H groups in total. The molecule has 0 aromatic heterocycles. The summed E-state index contributed by atoms with van der Waals surface area (Å²) in [5.41, 5.74) is 0.909. The van der Waals surface area contributed by atoms with Crippen molar-refractivity contribution in [2.24, 2.45) is 5.92 Å². The third-order valence-corrected chi connectivity index (χ3v) is 4.73. The Morgan fingerprint density at radius 3 is 2.27 bits per heavy atom. The highest BCUT2D eigenvalue weighted by Gasteiger charge is 2.30. The minimum Gasteiger partial charge on any atom is -0.496 e. The number of hydrogen-bond acceptors (Lipinski definition) is 5. The van der Waals surface area contributed by atoms with Crippen molar-refractivity contribution < 1.29 is 19.0 Å². The summed E-state index contributed by atoms with van der Waals surface area (Å²) in [6.45, 7) is 7.25. The molecule has 0 saturated carbocycles. The molecule has 2 aromatic rings. The van der Waals surface area contributed by atoms with E-state index in [-0.39, 0.29) is 24.4 Å². The number of nitrogens with one attached hydrogen (secondary N) is 1. The average molecular weight is 412 g/mol. The summed E-state index contributed by atoms with van der Waals surface area (Å²) in [5, 5.41) is 8.32. The van der Waals surface area contributed by atoms with Crippen LogP contribution in [0.25, 0.3) is 0 Å². The number of ether oxygens (including phenoxy) is 3. The molecule has 30 heavy (non-hydrogen) atoms. The van der Waals surface area contributed by atoms with Gasteiger partial charge in [-0.05, 0) is 64.3 Å². The van der Waals surface area contributed by atoms with E-state index in [0.29, 0.717) is 18.6 Å². The van der Waals surface area contributed by atoms with Gasteiger partial charge in [-0.15, -0.1) is 0 Å². The van der Waals surface area contributed by atoms with Crippen LogP contribution in [0.1, 0.15) is 46.1 Å². The molecule has 0 amide bonds. The van der Waals surface area contributed by atoms with Crippen molar-refractivity contribution in [2.45, 2.75) is 58.7 Å². The topological polar surface area (TPSA) is 68.6 Å². The Morgan fingerprint density at radius 1 is 1.03 bits per heavy atom. The summed E-state index contributed by atoms with van der Waals surface area (Å²) in [4.78, 5) is 12.5. The lowest BCUT2D eigenvalue weighted by molar-refractivity contribution is -0.156. The smallest absolute Gasteiger partial charge is 0.307 e. The molecular weight excluding hydrogens is 378 g/mol. The Bertz CT molecular complexity index is 827. The molecule has 0 saturated heterocycles.